The maximum atomic E-state index is 12.6. The SMILES string of the molecule is CCOC(=O)c1ccccc1NC(=O)CN1CCN(Cc2nc(-c3ccccc3)cs2)CC1. The van der Waals surface area contributed by atoms with Crippen LogP contribution < -0.4 is 5.32 Å². The van der Waals surface area contributed by atoms with Crippen LogP contribution in [0.4, 0.5) is 5.69 Å². The van der Waals surface area contributed by atoms with Gasteiger partial charge in [0.15, 0.2) is 0 Å². The number of anilines is 1. The molecule has 1 aliphatic heterocycles. The number of piperazine rings is 1. The number of hydrogen-bond donors (Lipinski definition) is 1. The van der Waals surface area contributed by atoms with Crippen molar-refractivity contribution in [3.05, 3.63) is 70.5 Å². The van der Waals surface area contributed by atoms with Crippen LogP contribution >= 0.6 is 11.3 Å². The van der Waals surface area contributed by atoms with Crippen molar-refractivity contribution in [3.8, 4) is 11.3 Å². The average Bonchev–Trinajstić information content (AvgIpc) is 3.30. The molecular weight excluding hydrogens is 436 g/mol. The molecule has 172 valence electrons. The van der Waals surface area contributed by atoms with E-state index in [2.05, 4.69) is 32.6 Å². The van der Waals surface area contributed by atoms with Gasteiger partial charge in [-0.25, -0.2) is 9.78 Å². The maximum absolute atomic E-state index is 12.6. The van der Waals surface area contributed by atoms with E-state index < -0.39 is 5.97 Å². The average molecular weight is 465 g/mol. The lowest BCUT2D eigenvalue weighted by Crippen LogP contribution is -2.48. The summed E-state index contributed by atoms with van der Waals surface area (Å²) >= 11 is 1.69. The number of thiazole rings is 1. The summed E-state index contributed by atoms with van der Waals surface area (Å²) in [5.41, 5.74) is 3.02. The van der Waals surface area contributed by atoms with E-state index in [1.807, 2.05) is 18.2 Å². The van der Waals surface area contributed by atoms with Crippen molar-refractivity contribution in [2.45, 2.75) is 13.5 Å². The lowest BCUT2D eigenvalue weighted by atomic mass is 10.2. The van der Waals surface area contributed by atoms with Gasteiger partial charge >= 0.3 is 5.97 Å². The molecule has 0 aliphatic carbocycles. The summed E-state index contributed by atoms with van der Waals surface area (Å²) in [4.78, 5) is 34.0. The second kappa shape index (κ2) is 11.2. The molecule has 4 rings (SSSR count). The molecular formula is C25H28N4O3S. The molecule has 1 aromatic heterocycles. The van der Waals surface area contributed by atoms with Crippen LogP contribution in [-0.2, 0) is 16.1 Å². The summed E-state index contributed by atoms with van der Waals surface area (Å²) in [5.74, 6) is -0.563. The van der Waals surface area contributed by atoms with E-state index in [4.69, 9.17) is 9.72 Å². The van der Waals surface area contributed by atoms with Crippen LogP contribution in [0.15, 0.2) is 60.0 Å². The van der Waals surface area contributed by atoms with Gasteiger partial charge in [0, 0.05) is 37.1 Å². The molecule has 2 aromatic carbocycles. The topological polar surface area (TPSA) is 74.8 Å². The number of nitrogens with one attached hydrogen (secondary N) is 1. The number of carbonyl (C=O) groups is 2. The monoisotopic (exact) mass is 464 g/mol. The van der Waals surface area contributed by atoms with Crippen molar-refractivity contribution in [2.75, 3.05) is 44.6 Å². The first-order chi connectivity index (χ1) is 16.1. The molecule has 1 amide bonds. The molecule has 0 atom stereocenters. The Labute approximate surface area is 198 Å². The van der Waals surface area contributed by atoms with Gasteiger partial charge in [0.25, 0.3) is 0 Å². The standard InChI is InChI=1S/C25H28N4O3S/c1-2-32-25(31)20-10-6-7-11-21(20)26-23(30)16-28-12-14-29(15-13-28)17-24-27-22(18-33-24)19-8-4-3-5-9-19/h3-11,18H,2,12-17H2,1H3,(H,26,30). The molecule has 0 radical (unpaired) electrons. The van der Waals surface area contributed by atoms with Gasteiger partial charge in [0.1, 0.15) is 5.01 Å². The highest BCUT2D eigenvalue weighted by molar-refractivity contribution is 7.09. The Kier molecular flexibility index (Phi) is 7.83. The van der Waals surface area contributed by atoms with E-state index in [9.17, 15) is 9.59 Å². The van der Waals surface area contributed by atoms with Gasteiger partial charge in [0.2, 0.25) is 5.91 Å². The highest BCUT2D eigenvalue weighted by Gasteiger charge is 2.21. The predicted molar refractivity (Wildman–Crippen MR) is 130 cm³/mol. The van der Waals surface area contributed by atoms with E-state index >= 15 is 0 Å². The second-order valence-electron chi connectivity index (χ2n) is 7.86. The van der Waals surface area contributed by atoms with Gasteiger partial charge in [-0.15, -0.1) is 11.3 Å². The zero-order chi connectivity index (χ0) is 23.0. The van der Waals surface area contributed by atoms with Crippen molar-refractivity contribution in [2.24, 2.45) is 0 Å². The quantitative estimate of drug-likeness (QED) is 0.512. The maximum Gasteiger partial charge on any atom is 0.340 e. The van der Waals surface area contributed by atoms with Crippen LogP contribution in [0, 0.1) is 0 Å². The van der Waals surface area contributed by atoms with Crippen LogP contribution in [0.25, 0.3) is 11.3 Å². The molecule has 7 nitrogen and oxygen atoms in total. The van der Waals surface area contributed by atoms with E-state index in [0.717, 1.165) is 49.0 Å². The second-order valence-corrected chi connectivity index (χ2v) is 8.80. The summed E-state index contributed by atoms with van der Waals surface area (Å²) in [5, 5.41) is 6.08. The molecule has 33 heavy (non-hydrogen) atoms. The van der Waals surface area contributed by atoms with Gasteiger partial charge in [-0.2, -0.15) is 0 Å². The molecule has 2 heterocycles. The van der Waals surface area contributed by atoms with Gasteiger partial charge in [-0.05, 0) is 19.1 Å². The largest absolute Gasteiger partial charge is 0.462 e. The van der Waals surface area contributed by atoms with Gasteiger partial charge in [0.05, 0.1) is 36.6 Å². The van der Waals surface area contributed by atoms with Crippen molar-refractivity contribution in [3.63, 3.8) is 0 Å². The molecule has 1 fully saturated rings. The molecule has 8 heteroatoms. The highest BCUT2D eigenvalue weighted by Crippen LogP contribution is 2.23. The van der Waals surface area contributed by atoms with E-state index in [1.54, 1.807) is 42.5 Å². The van der Waals surface area contributed by atoms with Gasteiger partial charge in [-0.3, -0.25) is 14.6 Å². The van der Waals surface area contributed by atoms with Crippen LogP contribution in [0.5, 0.6) is 0 Å². The first-order valence-corrected chi connectivity index (χ1v) is 12.0. The summed E-state index contributed by atoms with van der Waals surface area (Å²) < 4.78 is 5.08. The molecule has 1 aliphatic rings. The Morgan fingerprint density at radius 1 is 1.00 bits per heavy atom. The Balaban J connectivity index is 1.25. The highest BCUT2D eigenvalue weighted by atomic mass is 32.1. The normalized spacial score (nSPS) is 14.7. The lowest BCUT2D eigenvalue weighted by Gasteiger charge is -2.33. The zero-order valence-electron chi connectivity index (χ0n) is 18.7. The minimum absolute atomic E-state index is 0.132. The molecule has 1 N–H and O–H groups in total. The summed E-state index contributed by atoms with van der Waals surface area (Å²) in [6.07, 6.45) is 0. The number of hydrogen-bond acceptors (Lipinski definition) is 7. The fourth-order valence-corrected chi connectivity index (χ4v) is 4.64. The molecule has 0 unspecified atom stereocenters. The lowest BCUT2D eigenvalue weighted by molar-refractivity contribution is -0.117. The summed E-state index contributed by atoms with van der Waals surface area (Å²) in [7, 11) is 0. The molecule has 3 aromatic rings. The van der Waals surface area contributed by atoms with Gasteiger partial charge < -0.3 is 10.1 Å². The number of rotatable bonds is 8. The number of amides is 1. The minimum Gasteiger partial charge on any atom is -0.462 e. The Morgan fingerprint density at radius 2 is 1.70 bits per heavy atom. The third kappa shape index (κ3) is 6.25. The van der Waals surface area contributed by atoms with Crippen molar-refractivity contribution in [1.82, 2.24) is 14.8 Å². The summed E-state index contributed by atoms with van der Waals surface area (Å²) in [6, 6.07) is 17.1. The number of para-hydroxylation sites is 1. The molecule has 0 bridgehead atoms. The molecule has 1 saturated heterocycles. The predicted octanol–water partition coefficient (Wildman–Crippen LogP) is 3.74. The first kappa shape index (κ1) is 23.1. The fraction of sp³-hybridized carbons (Fsp3) is 0.320. The third-order valence-electron chi connectivity index (χ3n) is 5.51. The van der Waals surface area contributed by atoms with Crippen molar-refractivity contribution >= 4 is 28.9 Å². The number of aromatic nitrogens is 1. The van der Waals surface area contributed by atoms with Crippen molar-refractivity contribution in [1.29, 1.82) is 0 Å². The molecule has 0 spiro atoms. The van der Waals surface area contributed by atoms with Crippen LogP contribution in [0.2, 0.25) is 0 Å². The van der Waals surface area contributed by atoms with Crippen molar-refractivity contribution < 1.29 is 14.3 Å². The van der Waals surface area contributed by atoms with Crippen LogP contribution in [0.3, 0.4) is 0 Å². The third-order valence-corrected chi connectivity index (χ3v) is 6.34. The van der Waals surface area contributed by atoms with Crippen LogP contribution in [0.1, 0.15) is 22.3 Å². The smallest absolute Gasteiger partial charge is 0.340 e. The molecule has 0 saturated carbocycles. The number of ether oxygens (including phenoxy) is 1. The number of carbonyl (C=O) groups excluding carboxylic acids is 2. The fourth-order valence-electron chi connectivity index (χ4n) is 3.79. The number of nitrogens with zero attached hydrogens (tertiary/aromatic N) is 3. The minimum atomic E-state index is -0.431. The summed E-state index contributed by atoms with van der Waals surface area (Å²) in [6.45, 7) is 6.55. The van der Waals surface area contributed by atoms with Crippen LogP contribution in [-0.4, -0.2) is 66.0 Å². The number of benzene rings is 2. The van der Waals surface area contributed by atoms with Gasteiger partial charge in [-0.1, -0.05) is 42.5 Å². The Bertz CT molecular complexity index is 1080. The zero-order valence-corrected chi connectivity index (χ0v) is 19.5. The first-order valence-electron chi connectivity index (χ1n) is 11.1. The van der Waals surface area contributed by atoms with E-state index in [-0.39, 0.29) is 5.91 Å². The Morgan fingerprint density at radius 3 is 2.45 bits per heavy atom. The van der Waals surface area contributed by atoms with E-state index in [1.165, 1.54) is 0 Å². The Hall–Kier alpha value is -3.07. The van der Waals surface area contributed by atoms with E-state index in [0.29, 0.717) is 24.4 Å². The number of esters is 1.